The molecule has 0 radical (unpaired) electrons. The molecule has 0 spiro atoms. The Morgan fingerprint density at radius 2 is 2.40 bits per heavy atom. The maximum atomic E-state index is 11.4. The van der Waals surface area contributed by atoms with Gasteiger partial charge in [-0.05, 0) is 48.9 Å². The van der Waals surface area contributed by atoms with Gasteiger partial charge in [-0.15, -0.1) is 11.3 Å². The van der Waals surface area contributed by atoms with Crippen LogP contribution in [0.3, 0.4) is 0 Å². The summed E-state index contributed by atoms with van der Waals surface area (Å²) in [4.78, 5) is 4.44. The minimum Gasteiger partial charge on any atom is -0.310 e. The highest BCUT2D eigenvalue weighted by Gasteiger charge is 2.27. The number of pyridine rings is 1. The van der Waals surface area contributed by atoms with Crippen LogP contribution >= 0.6 is 11.3 Å². The first kappa shape index (κ1) is 14.0. The number of thiophene rings is 1. The Hall–Kier alpha value is -0.980. The Morgan fingerprint density at radius 1 is 1.55 bits per heavy atom. The molecule has 1 aliphatic rings. The minimum atomic E-state index is -2.78. The van der Waals surface area contributed by atoms with Crippen LogP contribution in [0.2, 0.25) is 0 Å². The van der Waals surface area contributed by atoms with Crippen molar-refractivity contribution in [2.75, 3.05) is 18.1 Å². The normalized spacial score (nSPS) is 23.1. The van der Waals surface area contributed by atoms with Crippen molar-refractivity contribution in [1.29, 1.82) is 0 Å². The molecule has 2 unspecified atom stereocenters. The molecule has 1 N–H and O–H groups in total. The van der Waals surface area contributed by atoms with E-state index in [1.54, 1.807) is 11.3 Å². The molecule has 1 aliphatic heterocycles. The number of sulfone groups is 1. The van der Waals surface area contributed by atoms with Crippen LogP contribution in [-0.2, 0) is 9.84 Å². The molecule has 3 heterocycles. The zero-order valence-electron chi connectivity index (χ0n) is 11.4. The van der Waals surface area contributed by atoms with Crippen molar-refractivity contribution in [3.63, 3.8) is 0 Å². The molecule has 2 atom stereocenters. The molecule has 1 fully saturated rings. The van der Waals surface area contributed by atoms with Crippen molar-refractivity contribution < 1.29 is 8.42 Å². The lowest BCUT2D eigenvalue weighted by Gasteiger charge is -2.16. The van der Waals surface area contributed by atoms with Gasteiger partial charge in [0.05, 0.1) is 21.7 Å². The first-order chi connectivity index (χ1) is 9.53. The standard InChI is InChI=1S/C14H18N2O2S2/c1-10(15-7-11-3-5-20(17,18)9-11)12-6-14-13(16-8-12)2-4-19-14/h2,4,6,8,10-11,15H,3,5,7,9H2,1H3. The fourth-order valence-electron chi connectivity index (χ4n) is 2.59. The van der Waals surface area contributed by atoms with Crippen LogP contribution in [0.4, 0.5) is 0 Å². The zero-order valence-corrected chi connectivity index (χ0v) is 13.0. The molecule has 108 valence electrons. The van der Waals surface area contributed by atoms with E-state index in [-0.39, 0.29) is 12.0 Å². The minimum absolute atomic E-state index is 0.192. The highest BCUT2D eigenvalue weighted by atomic mass is 32.2. The van der Waals surface area contributed by atoms with Crippen molar-refractivity contribution in [2.45, 2.75) is 19.4 Å². The summed E-state index contributed by atoms with van der Waals surface area (Å²) in [5, 5.41) is 5.48. The molecule has 6 heteroatoms. The Balaban J connectivity index is 1.62. The molecular weight excluding hydrogens is 292 g/mol. The Kier molecular flexibility index (Phi) is 3.79. The Bertz CT molecular complexity index is 709. The first-order valence-electron chi connectivity index (χ1n) is 6.80. The molecular formula is C14H18N2O2S2. The lowest BCUT2D eigenvalue weighted by Crippen LogP contribution is -2.26. The highest BCUT2D eigenvalue weighted by Crippen LogP contribution is 2.23. The van der Waals surface area contributed by atoms with Crippen LogP contribution in [0.15, 0.2) is 23.7 Å². The van der Waals surface area contributed by atoms with Gasteiger partial charge < -0.3 is 5.32 Å². The summed E-state index contributed by atoms with van der Waals surface area (Å²) in [5.41, 5.74) is 2.19. The van der Waals surface area contributed by atoms with E-state index in [2.05, 4.69) is 23.3 Å². The van der Waals surface area contributed by atoms with Gasteiger partial charge in [0.2, 0.25) is 0 Å². The van der Waals surface area contributed by atoms with Gasteiger partial charge >= 0.3 is 0 Å². The topological polar surface area (TPSA) is 59.1 Å². The predicted octanol–water partition coefficient (Wildman–Crippen LogP) is 2.38. The van der Waals surface area contributed by atoms with Crippen LogP contribution in [-0.4, -0.2) is 31.5 Å². The maximum absolute atomic E-state index is 11.4. The van der Waals surface area contributed by atoms with Gasteiger partial charge in [-0.1, -0.05) is 0 Å². The molecule has 0 aromatic carbocycles. The number of hydrogen-bond acceptors (Lipinski definition) is 5. The van der Waals surface area contributed by atoms with Crippen molar-refractivity contribution in [1.82, 2.24) is 10.3 Å². The molecule has 0 bridgehead atoms. The summed E-state index contributed by atoms with van der Waals surface area (Å²) >= 11 is 1.69. The fraction of sp³-hybridized carbons (Fsp3) is 0.500. The van der Waals surface area contributed by atoms with E-state index < -0.39 is 9.84 Å². The van der Waals surface area contributed by atoms with E-state index in [4.69, 9.17) is 0 Å². The smallest absolute Gasteiger partial charge is 0.150 e. The van der Waals surface area contributed by atoms with Crippen LogP contribution < -0.4 is 5.32 Å². The van der Waals surface area contributed by atoms with E-state index in [1.807, 2.05) is 17.6 Å². The lowest BCUT2D eigenvalue weighted by atomic mass is 10.1. The molecule has 0 saturated carbocycles. The summed E-state index contributed by atoms with van der Waals surface area (Å²) < 4.78 is 24.1. The molecule has 2 aromatic rings. The van der Waals surface area contributed by atoms with Crippen molar-refractivity contribution >= 4 is 31.4 Å². The van der Waals surface area contributed by atoms with Gasteiger partial charge in [-0.3, -0.25) is 4.98 Å². The zero-order chi connectivity index (χ0) is 14.2. The van der Waals surface area contributed by atoms with Gasteiger partial charge in [0, 0.05) is 12.2 Å². The second-order valence-corrected chi connectivity index (χ2v) is 8.65. The molecule has 20 heavy (non-hydrogen) atoms. The monoisotopic (exact) mass is 310 g/mol. The third-order valence-corrected chi connectivity index (χ3v) is 6.55. The number of aromatic nitrogens is 1. The highest BCUT2D eigenvalue weighted by molar-refractivity contribution is 7.91. The van der Waals surface area contributed by atoms with E-state index in [0.29, 0.717) is 11.5 Å². The van der Waals surface area contributed by atoms with Crippen LogP contribution in [0, 0.1) is 5.92 Å². The van der Waals surface area contributed by atoms with E-state index >= 15 is 0 Å². The summed E-state index contributed by atoms with van der Waals surface area (Å²) in [6.45, 7) is 2.85. The average molecular weight is 310 g/mol. The average Bonchev–Trinajstić information content (AvgIpc) is 3.01. The Morgan fingerprint density at radius 3 is 3.15 bits per heavy atom. The van der Waals surface area contributed by atoms with Gasteiger partial charge in [-0.25, -0.2) is 8.42 Å². The summed E-state index contributed by atoms with van der Waals surface area (Å²) in [7, 11) is -2.78. The number of rotatable bonds is 4. The maximum Gasteiger partial charge on any atom is 0.150 e. The van der Waals surface area contributed by atoms with Crippen LogP contribution in [0.1, 0.15) is 24.9 Å². The number of fused-ring (bicyclic) bond motifs is 1. The van der Waals surface area contributed by atoms with E-state index in [1.165, 1.54) is 4.70 Å². The van der Waals surface area contributed by atoms with Crippen molar-refractivity contribution in [2.24, 2.45) is 5.92 Å². The molecule has 0 amide bonds. The SMILES string of the molecule is CC(NCC1CCS(=O)(=O)C1)c1cnc2ccsc2c1. The van der Waals surface area contributed by atoms with Gasteiger partial charge in [0.25, 0.3) is 0 Å². The third kappa shape index (κ3) is 3.02. The fourth-order valence-corrected chi connectivity index (χ4v) is 5.24. The second kappa shape index (κ2) is 5.42. The largest absolute Gasteiger partial charge is 0.310 e. The number of hydrogen-bond donors (Lipinski definition) is 1. The van der Waals surface area contributed by atoms with Gasteiger partial charge in [0.15, 0.2) is 9.84 Å². The first-order valence-corrected chi connectivity index (χ1v) is 9.50. The van der Waals surface area contributed by atoms with Crippen LogP contribution in [0.25, 0.3) is 10.2 Å². The summed E-state index contributed by atoms with van der Waals surface area (Å²) in [5.74, 6) is 0.923. The van der Waals surface area contributed by atoms with E-state index in [9.17, 15) is 8.42 Å². The third-order valence-electron chi connectivity index (χ3n) is 3.86. The predicted molar refractivity (Wildman–Crippen MR) is 82.8 cm³/mol. The summed E-state index contributed by atoms with van der Waals surface area (Å²) in [6, 6.07) is 4.37. The van der Waals surface area contributed by atoms with Gasteiger partial charge in [0.1, 0.15) is 0 Å². The molecule has 0 aliphatic carbocycles. The van der Waals surface area contributed by atoms with E-state index in [0.717, 1.165) is 24.0 Å². The van der Waals surface area contributed by atoms with Crippen molar-refractivity contribution in [3.05, 3.63) is 29.3 Å². The Labute approximate surface area is 123 Å². The molecule has 2 aromatic heterocycles. The van der Waals surface area contributed by atoms with Crippen LogP contribution in [0.5, 0.6) is 0 Å². The molecule has 4 nitrogen and oxygen atoms in total. The van der Waals surface area contributed by atoms with Gasteiger partial charge in [-0.2, -0.15) is 0 Å². The molecule has 3 rings (SSSR count). The molecule has 1 saturated heterocycles. The second-order valence-electron chi connectivity index (χ2n) is 5.47. The summed E-state index contributed by atoms with van der Waals surface area (Å²) in [6.07, 6.45) is 2.68. The van der Waals surface area contributed by atoms with Crippen molar-refractivity contribution in [3.8, 4) is 0 Å². The number of nitrogens with zero attached hydrogens (tertiary/aromatic N) is 1. The number of nitrogens with one attached hydrogen (secondary N) is 1. The quantitative estimate of drug-likeness (QED) is 0.942. The lowest BCUT2D eigenvalue weighted by molar-refractivity contribution is 0.476.